The maximum absolute atomic E-state index is 14.0. The molecule has 1 N–H and O–H groups in total. The van der Waals surface area contributed by atoms with Crippen molar-refractivity contribution in [3.63, 3.8) is 0 Å². The minimum Gasteiger partial charge on any atom is -0.497 e. The fraction of sp³-hybridized carbons (Fsp3) is 0.200. The van der Waals surface area contributed by atoms with Gasteiger partial charge in [-0.2, -0.15) is 13.2 Å². The summed E-state index contributed by atoms with van der Waals surface area (Å²) < 4.78 is 48.2. The number of thiazole rings is 1. The third kappa shape index (κ3) is 5.29. The van der Waals surface area contributed by atoms with Gasteiger partial charge >= 0.3 is 11.0 Å². The van der Waals surface area contributed by atoms with E-state index in [1.807, 2.05) is 0 Å². The van der Waals surface area contributed by atoms with E-state index >= 15 is 0 Å². The van der Waals surface area contributed by atoms with E-state index in [1.165, 1.54) is 23.8 Å². The largest absolute Gasteiger partial charge is 0.497 e. The summed E-state index contributed by atoms with van der Waals surface area (Å²) in [5.74, 6) is -3.52. The standard InChI is InChI=1S/C30H21ClF3N3O5S2/c1-42-18-12-10-17(11-13-18)35-21(38)14-36-28-25(44-29(36)41)22(15-6-8-16(31)9-7-15)23-24(43-28)27(40)37(26(23)39)20-5-3-2-4-19(20)30(32,33)34/h2-13,22-24H,14H2,1H3,(H,35,38)/t22-,23-,24+/m0/s1. The molecule has 0 aliphatic carbocycles. The molecule has 2 aliphatic heterocycles. The number of hydrogen-bond donors (Lipinski definition) is 1. The summed E-state index contributed by atoms with van der Waals surface area (Å²) >= 11 is 7.84. The highest BCUT2D eigenvalue weighted by Crippen LogP contribution is 2.54. The molecule has 2 aliphatic rings. The van der Waals surface area contributed by atoms with E-state index in [-0.39, 0.29) is 0 Å². The Morgan fingerprint density at radius 2 is 1.66 bits per heavy atom. The summed E-state index contributed by atoms with van der Waals surface area (Å²) in [5, 5.41) is 2.28. The zero-order chi connectivity index (χ0) is 31.3. The van der Waals surface area contributed by atoms with Crippen LogP contribution in [0.4, 0.5) is 24.5 Å². The number of alkyl halides is 3. The van der Waals surface area contributed by atoms with E-state index < -0.39 is 63.7 Å². The van der Waals surface area contributed by atoms with Gasteiger partial charge in [0.2, 0.25) is 17.7 Å². The minimum atomic E-state index is -4.82. The van der Waals surface area contributed by atoms with Crippen molar-refractivity contribution in [2.45, 2.75) is 28.9 Å². The molecular weight excluding hydrogens is 639 g/mol. The number of nitrogens with zero attached hydrogens (tertiary/aromatic N) is 2. The second kappa shape index (κ2) is 11.5. The third-order valence-corrected chi connectivity index (χ3v) is 10.3. The van der Waals surface area contributed by atoms with E-state index in [0.29, 0.717) is 36.8 Å². The molecule has 4 aromatic rings. The lowest BCUT2D eigenvalue weighted by molar-refractivity contribution is -0.137. The van der Waals surface area contributed by atoms with Crippen molar-refractivity contribution < 1.29 is 32.3 Å². The normalized spacial score (nSPS) is 19.5. The Labute approximate surface area is 261 Å². The number of carbonyl (C=O) groups excluding carboxylic acids is 3. The van der Waals surface area contributed by atoms with Gasteiger partial charge in [0.15, 0.2) is 0 Å². The van der Waals surface area contributed by atoms with Crippen LogP contribution in [-0.4, -0.2) is 34.6 Å². The molecule has 14 heteroatoms. The lowest BCUT2D eigenvalue weighted by atomic mass is 9.83. The Hall–Kier alpha value is -4.07. The minimum absolute atomic E-state index is 0.304. The van der Waals surface area contributed by atoms with E-state index in [9.17, 15) is 32.3 Å². The average Bonchev–Trinajstić information content (AvgIpc) is 3.43. The van der Waals surface area contributed by atoms with Crippen LogP contribution in [0.3, 0.4) is 0 Å². The van der Waals surface area contributed by atoms with Crippen LogP contribution in [0, 0.1) is 5.92 Å². The van der Waals surface area contributed by atoms with Crippen molar-refractivity contribution in [2.75, 3.05) is 17.3 Å². The molecule has 1 saturated heterocycles. The Kier molecular flexibility index (Phi) is 7.80. The zero-order valence-corrected chi connectivity index (χ0v) is 25.0. The molecule has 8 nitrogen and oxygen atoms in total. The number of hydrogen-bond acceptors (Lipinski definition) is 7. The van der Waals surface area contributed by atoms with Crippen LogP contribution in [0.5, 0.6) is 5.75 Å². The second-order valence-electron chi connectivity index (χ2n) is 10.0. The van der Waals surface area contributed by atoms with Crippen molar-refractivity contribution in [3.8, 4) is 5.75 Å². The van der Waals surface area contributed by atoms with E-state index in [2.05, 4.69) is 5.32 Å². The molecule has 0 radical (unpaired) electrons. The van der Waals surface area contributed by atoms with Crippen LogP contribution < -0.4 is 19.8 Å². The van der Waals surface area contributed by atoms with E-state index in [0.717, 1.165) is 35.2 Å². The summed E-state index contributed by atoms with van der Waals surface area (Å²) in [4.78, 5) is 54.6. The first-order valence-corrected chi connectivity index (χ1v) is 15.2. The molecule has 3 aromatic carbocycles. The number of methoxy groups -OCH3 is 1. The quantitative estimate of drug-likeness (QED) is 0.254. The van der Waals surface area contributed by atoms with Crippen molar-refractivity contribution in [2.24, 2.45) is 5.92 Å². The Morgan fingerprint density at radius 3 is 2.32 bits per heavy atom. The van der Waals surface area contributed by atoms with Gasteiger partial charge in [-0.1, -0.05) is 59.0 Å². The van der Waals surface area contributed by atoms with Crippen molar-refractivity contribution in [3.05, 3.63) is 103 Å². The van der Waals surface area contributed by atoms with Gasteiger partial charge in [-0.15, -0.1) is 0 Å². The number of ether oxygens (including phenoxy) is 1. The first-order valence-electron chi connectivity index (χ1n) is 13.1. The summed E-state index contributed by atoms with van der Waals surface area (Å²) in [6.07, 6.45) is -4.82. The highest BCUT2D eigenvalue weighted by molar-refractivity contribution is 8.00. The molecule has 3 amide bonds. The number of thioether (sulfide) groups is 1. The average molecular weight is 660 g/mol. The number of carbonyl (C=O) groups is 3. The first kappa shape index (κ1) is 30.0. The first-order chi connectivity index (χ1) is 21.0. The molecule has 3 atom stereocenters. The Morgan fingerprint density at radius 1 is 0.977 bits per heavy atom. The molecular formula is C30H21ClF3N3O5S2. The lowest BCUT2D eigenvalue weighted by Gasteiger charge is -2.30. The summed E-state index contributed by atoms with van der Waals surface area (Å²) in [6.45, 7) is -0.392. The molecule has 44 heavy (non-hydrogen) atoms. The molecule has 3 heterocycles. The molecule has 0 bridgehead atoms. The zero-order valence-electron chi connectivity index (χ0n) is 22.6. The van der Waals surface area contributed by atoms with Gasteiger partial charge in [0.1, 0.15) is 17.5 Å². The SMILES string of the molecule is COc1ccc(NC(=O)Cn2c3c(sc2=O)[C@@H](c2ccc(Cl)cc2)[C@@H]2C(=O)N(c4ccccc4C(F)(F)F)C(=O)[C@@H]2S3)cc1. The Bertz CT molecular complexity index is 1840. The molecule has 1 aromatic heterocycles. The fourth-order valence-electron chi connectivity index (χ4n) is 5.45. The second-order valence-corrected chi connectivity index (χ2v) is 12.6. The molecule has 0 spiro atoms. The number of imide groups is 1. The summed E-state index contributed by atoms with van der Waals surface area (Å²) in [6, 6.07) is 17.5. The monoisotopic (exact) mass is 659 g/mol. The number of rotatable bonds is 6. The maximum atomic E-state index is 14.0. The van der Waals surface area contributed by atoms with Gasteiger partial charge in [0.25, 0.3) is 0 Å². The smallest absolute Gasteiger partial charge is 0.418 e. The number of halogens is 4. The number of aromatic nitrogens is 1. The van der Waals surface area contributed by atoms with Crippen molar-refractivity contribution in [1.82, 2.24) is 4.57 Å². The van der Waals surface area contributed by atoms with Crippen LogP contribution in [0.2, 0.25) is 5.02 Å². The van der Waals surface area contributed by atoms with Crippen molar-refractivity contribution in [1.29, 1.82) is 0 Å². The number of para-hydroxylation sites is 1. The summed E-state index contributed by atoms with van der Waals surface area (Å²) in [7, 11) is 1.51. The lowest BCUT2D eigenvalue weighted by Crippen LogP contribution is -2.33. The van der Waals surface area contributed by atoms with Crippen LogP contribution in [0.15, 0.2) is 82.6 Å². The van der Waals surface area contributed by atoms with Gasteiger partial charge in [-0.3, -0.25) is 23.7 Å². The topological polar surface area (TPSA) is 97.7 Å². The van der Waals surface area contributed by atoms with E-state index in [1.54, 1.807) is 48.5 Å². The number of anilines is 2. The predicted octanol–water partition coefficient (Wildman–Crippen LogP) is 6.03. The van der Waals surface area contributed by atoms with Gasteiger partial charge in [0, 0.05) is 21.5 Å². The number of benzene rings is 3. The molecule has 226 valence electrons. The van der Waals surface area contributed by atoms with Gasteiger partial charge in [0.05, 0.1) is 29.3 Å². The van der Waals surface area contributed by atoms with Crippen LogP contribution >= 0.6 is 34.7 Å². The number of amides is 3. The molecule has 0 saturated carbocycles. The van der Waals surface area contributed by atoms with Crippen LogP contribution in [0.25, 0.3) is 0 Å². The highest BCUT2D eigenvalue weighted by atomic mass is 35.5. The number of fused-ring (bicyclic) bond motifs is 2. The van der Waals surface area contributed by atoms with Gasteiger partial charge < -0.3 is 10.1 Å². The third-order valence-electron chi connectivity index (χ3n) is 7.40. The molecule has 1 fully saturated rings. The Balaban J connectivity index is 1.41. The highest BCUT2D eigenvalue weighted by Gasteiger charge is 2.57. The van der Waals surface area contributed by atoms with Crippen LogP contribution in [0.1, 0.15) is 21.9 Å². The van der Waals surface area contributed by atoms with Crippen molar-refractivity contribution >= 4 is 63.8 Å². The van der Waals surface area contributed by atoms with Gasteiger partial charge in [-0.05, 0) is 54.1 Å². The maximum Gasteiger partial charge on any atom is 0.418 e. The van der Waals surface area contributed by atoms with E-state index in [4.69, 9.17) is 16.3 Å². The fourth-order valence-corrected chi connectivity index (χ4v) is 8.35. The predicted molar refractivity (Wildman–Crippen MR) is 161 cm³/mol. The number of nitrogens with one attached hydrogen (secondary N) is 1. The molecule has 0 unspecified atom stereocenters. The van der Waals surface area contributed by atoms with Gasteiger partial charge in [-0.25, -0.2) is 4.90 Å². The molecule has 6 rings (SSSR count). The summed E-state index contributed by atoms with van der Waals surface area (Å²) in [5.41, 5.74) is -0.654. The van der Waals surface area contributed by atoms with Crippen LogP contribution in [-0.2, 0) is 27.1 Å².